The van der Waals surface area contributed by atoms with Gasteiger partial charge in [0.2, 0.25) is 5.91 Å². The zero-order valence-corrected chi connectivity index (χ0v) is 13.2. The molecule has 0 atom stereocenters. The molecule has 0 heterocycles. The SMILES string of the molecule is CC1CC(CN)(C(=O)NCCN(C(C)C)C(C)C)C1. The van der Waals surface area contributed by atoms with Crippen LogP contribution >= 0.6 is 0 Å². The van der Waals surface area contributed by atoms with Crippen molar-refractivity contribution in [3.05, 3.63) is 0 Å². The number of carbonyl (C=O) groups is 1. The van der Waals surface area contributed by atoms with Crippen LogP contribution in [-0.2, 0) is 4.79 Å². The van der Waals surface area contributed by atoms with E-state index in [0.717, 1.165) is 19.4 Å². The maximum atomic E-state index is 12.2. The number of amides is 1. The zero-order valence-electron chi connectivity index (χ0n) is 13.2. The number of hydrogen-bond donors (Lipinski definition) is 2. The van der Waals surface area contributed by atoms with E-state index in [9.17, 15) is 4.79 Å². The van der Waals surface area contributed by atoms with E-state index in [1.54, 1.807) is 0 Å². The van der Waals surface area contributed by atoms with Crippen LogP contribution in [0, 0.1) is 11.3 Å². The first-order chi connectivity index (χ1) is 8.82. The van der Waals surface area contributed by atoms with Gasteiger partial charge in [-0.05, 0) is 46.5 Å². The quantitative estimate of drug-likeness (QED) is 0.738. The Morgan fingerprint density at radius 1 is 1.32 bits per heavy atom. The standard InChI is InChI=1S/C15H31N3O/c1-11(2)18(12(3)4)7-6-17-14(19)15(10-16)8-13(5)9-15/h11-13H,6-10,16H2,1-5H3,(H,17,19). The first-order valence-electron chi connectivity index (χ1n) is 7.56. The molecule has 1 rings (SSSR count). The van der Waals surface area contributed by atoms with Crippen molar-refractivity contribution >= 4 is 5.91 Å². The van der Waals surface area contributed by atoms with Crippen molar-refractivity contribution in [2.24, 2.45) is 17.1 Å². The summed E-state index contributed by atoms with van der Waals surface area (Å²) in [6.45, 7) is 13.0. The third kappa shape index (κ3) is 3.93. The van der Waals surface area contributed by atoms with E-state index in [-0.39, 0.29) is 11.3 Å². The maximum absolute atomic E-state index is 12.2. The fourth-order valence-electron chi connectivity index (χ4n) is 3.32. The molecule has 1 aliphatic carbocycles. The third-order valence-electron chi connectivity index (χ3n) is 4.33. The van der Waals surface area contributed by atoms with Crippen LogP contribution in [0.4, 0.5) is 0 Å². The van der Waals surface area contributed by atoms with E-state index in [1.807, 2.05) is 0 Å². The molecular weight excluding hydrogens is 238 g/mol. The Labute approximate surface area is 118 Å². The molecule has 0 radical (unpaired) electrons. The molecule has 19 heavy (non-hydrogen) atoms. The van der Waals surface area contributed by atoms with Gasteiger partial charge < -0.3 is 11.1 Å². The smallest absolute Gasteiger partial charge is 0.227 e. The molecule has 0 aliphatic heterocycles. The average Bonchev–Trinajstić information content (AvgIpc) is 2.28. The fraction of sp³-hybridized carbons (Fsp3) is 0.933. The molecule has 0 spiro atoms. The van der Waals surface area contributed by atoms with Crippen LogP contribution in [0.15, 0.2) is 0 Å². The number of nitrogens with zero attached hydrogens (tertiary/aromatic N) is 1. The molecular formula is C15H31N3O. The van der Waals surface area contributed by atoms with E-state index in [1.165, 1.54) is 0 Å². The van der Waals surface area contributed by atoms with Gasteiger partial charge in [-0.2, -0.15) is 0 Å². The van der Waals surface area contributed by atoms with Crippen molar-refractivity contribution in [2.75, 3.05) is 19.6 Å². The van der Waals surface area contributed by atoms with Crippen LogP contribution in [0.25, 0.3) is 0 Å². The Kier molecular flexibility index (Phi) is 5.81. The molecule has 1 saturated carbocycles. The van der Waals surface area contributed by atoms with E-state index < -0.39 is 0 Å². The van der Waals surface area contributed by atoms with Crippen molar-refractivity contribution < 1.29 is 4.79 Å². The normalized spacial score (nSPS) is 26.9. The fourth-order valence-corrected chi connectivity index (χ4v) is 3.32. The summed E-state index contributed by atoms with van der Waals surface area (Å²) in [6.07, 6.45) is 1.88. The Bertz CT molecular complexity index is 288. The van der Waals surface area contributed by atoms with Gasteiger partial charge in [0, 0.05) is 31.7 Å². The summed E-state index contributed by atoms with van der Waals surface area (Å²) in [5.41, 5.74) is 5.51. The minimum absolute atomic E-state index is 0.153. The number of carbonyl (C=O) groups excluding carboxylic acids is 1. The molecule has 112 valence electrons. The second-order valence-corrected chi connectivity index (χ2v) is 6.68. The molecule has 0 aromatic heterocycles. The molecule has 1 amide bonds. The van der Waals surface area contributed by atoms with Crippen LogP contribution in [0.2, 0.25) is 0 Å². The van der Waals surface area contributed by atoms with E-state index >= 15 is 0 Å². The Morgan fingerprint density at radius 3 is 2.21 bits per heavy atom. The number of nitrogens with two attached hydrogens (primary N) is 1. The third-order valence-corrected chi connectivity index (χ3v) is 4.33. The van der Waals surface area contributed by atoms with Gasteiger partial charge in [0.15, 0.2) is 0 Å². The summed E-state index contributed by atoms with van der Waals surface area (Å²) in [5.74, 6) is 0.790. The highest BCUT2D eigenvalue weighted by Gasteiger charge is 2.46. The summed E-state index contributed by atoms with van der Waals surface area (Å²) in [5, 5.41) is 3.08. The van der Waals surface area contributed by atoms with Crippen molar-refractivity contribution in [3.63, 3.8) is 0 Å². The highest BCUT2D eigenvalue weighted by Crippen LogP contribution is 2.44. The Morgan fingerprint density at radius 2 is 1.84 bits per heavy atom. The summed E-state index contributed by atoms with van der Waals surface area (Å²) in [4.78, 5) is 14.6. The van der Waals surface area contributed by atoms with Crippen molar-refractivity contribution in [1.29, 1.82) is 0 Å². The molecule has 0 aromatic carbocycles. The first kappa shape index (κ1) is 16.4. The second kappa shape index (κ2) is 6.71. The highest BCUT2D eigenvalue weighted by molar-refractivity contribution is 5.83. The maximum Gasteiger partial charge on any atom is 0.227 e. The summed E-state index contributed by atoms with van der Waals surface area (Å²) >= 11 is 0. The number of hydrogen-bond acceptors (Lipinski definition) is 3. The van der Waals surface area contributed by atoms with Gasteiger partial charge in [0.1, 0.15) is 0 Å². The predicted molar refractivity (Wildman–Crippen MR) is 79.9 cm³/mol. The Hall–Kier alpha value is -0.610. The van der Waals surface area contributed by atoms with E-state index in [0.29, 0.717) is 31.1 Å². The van der Waals surface area contributed by atoms with Gasteiger partial charge in [0.05, 0.1) is 5.41 Å². The van der Waals surface area contributed by atoms with Crippen molar-refractivity contribution in [1.82, 2.24) is 10.2 Å². The van der Waals surface area contributed by atoms with Gasteiger partial charge in [-0.25, -0.2) is 0 Å². The van der Waals surface area contributed by atoms with Crippen LogP contribution in [-0.4, -0.2) is 42.5 Å². The lowest BCUT2D eigenvalue weighted by Crippen LogP contribution is -2.54. The summed E-state index contributed by atoms with van der Waals surface area (Å²) < 4.78 is 0. The van der Waals surface area contributed by atoms with Crippen LogP contribution in [0.1, 0.15) is 47.5 Å². The van der Waals surface area contributed by atoms with Crippen molar-refractivity contribution in [3.8, 4) is 0 Å². The highest BCUT2D eigenvalue weighted by atomic mass is 16.2. The van der Waals surface area contributed by atoms with Crippen molar-refractivity contribution in [2.45, 2.75) is 59.5 Å². The molecule has 3 N–H and O–H groups in total. The zero-order chi connectivity index (χ0) is 14.6. The van der Waals surface area contributed by atoms with Gasteiger partial charge in [-0.1, -0.05) is 6.92 Å². The lowest BCUT2D eigenvalue weighted by molar-refractivity contribution is -0.138. The van der Waals surface area contributed by atoms with Crippen LogP contribution < -0.4 is 11.1 Å². The summed E-state index contributed by atoms with van der Waals surface area (Å²) in [7, 11) is 0. The minimum atomic E-state index is -0.278. The Balaban J connectivity index is 2.38. The largest absolute Gasteiger partial charge is 0.354 e. The van der Waals surface area contributed by atoms with Crippen LogP contribution in [0.5, 0.6) is 0 Å². The molecule has 4 heteroatoms. The number of nitrogens with one attached hydrogen (secondary N) is 1. The van der Waals surface area contributed by atoms with Gasteiger partial charge in [0.25, 0.3) is 0 Å². The van der Waals surface area contributed by atoms with E-state index in [4.69, 9.17) is 5.73 Å². The van der Waals surface area contributed by atoms with Gasteiger partial charge in [-0.3, -0.25) is 9.69 Å². The number of rotatable bonds is 7. The lowest BCUT2D eigenvalue weighted by Gasteiger charge is -2.44. The van der Waals surface area contributed by atoms with E-state index in [2.05, 4.69) is 44.8 Å². The lowest BCUT2D eigenvalue weighted by atomic mass is 9.62. The monoisotopic (exact) mass is 269 g/mol. The molecule has 1 aliphatic rings. The molecule has 4 nitrogen and oxygen atoms in total. The molecule has 0 saturated heterocycles. The first-order valence-corrected chi connectivity index (χ1v) is 7.56. The molecule has 0 aromatic rings. The summed E-state index contributed by atoms with van der Waals surface area (Å²) in [6, 6.07) is 1.01. The predicted octanol–water partition coefficient (Wildman–Crippen LogP) is 1.60. The molecule has 0 unspecified atom stereocenters. The van der Waals surface area contributed by atoms with Crippen LogP contribution in [0.3, 0.4) is 0 Å². The second-order valence-electron chi connectivity index (χ2n) is 6.68. The average molecular weight is 269 g/mol. The molecule has 0 bridgehead atoms. The van der Waals surface area contributed by atoms with Gasteiger partial charge >= 0.3 is 0 Å². The molecule has 1 fully saturated rings. The minimum Gasteiger partial charge on any atom is -0.354 e. The topological polar surface area (TPSA) is 58.4 Å². The van der Waals surface area contributed by atoms with Gasteiger partial charge in [-0.15, -0.1) is 0 Å².